The van der Waals surface area contributed by atoms with Gasteiger partial charge in [0.1, 0.15) is 0 Å². The molecule has 0 radical (unpaired) electrons. The SMILES string of the molecule is O=C(Cc1cccs1)NC1CNC1. The Morgan fingerprint density at radius 2 is 2.54 bits per heavy atom. The van der Waals surface area contributed by atoms with Gasteiger partial charge < -0.3 is 10.6 Å². The Balaban J connectivity index is 1.78. The minimum Gasteiger partial charge on any atom is -0.350 e. The van der Waals surface area contributed by atoms with Crippen molar-refractivity contribution in [1.82, 2.24) is 10.6 Å². The summed E-state index contributed by atoms with van der Waals surface area (Å²) in [4.78, 5) is 12.5. The van der Waals surface area contributed by atoms with E-state index in [1.54, 1.807) is 11.3 Å². The Hall–Kier alpha value is -0.870. The third-order valence-corrected chi connectivity index (χ3v) is 2.94. The van der Waals surface area contributed by atoms with Crippen molar-refractivity contribution in [1.29, 1.82) is 0 Å². The molecule has 0 saturated carbocycles. The van der Waals surface area contributed by atoms with Gasteiger partial charge in [-0.05, 0) is 11.4 Å². The largest absolute Gasteiger partial charge is 0.350 e. The number of hydrogen-bond donors (Lipinski definition) is 2. The second-order valence-corrected chi connectivity index (χ2v) is 4.21. The molecule has 0 bridgehead atoms. The molecule has 1 aliphatic heterocycles. The molecule has 2 N–H and O–H groups in total. The Morgan fingerprint density at radius 3 is 3.08 bits per heavy atom. The van der Waals surface area contributed by atoms with Gasteiger partial charge in [0.25, 0.3) is 0 Å². The predicted octanol–water partition coefficient (Wildman–Crippen LogP) is 0.379. The maximum absolute atomic E-state index is 11.4. The van der Waals surface area contributed by atoms with Gasteiger partial charge in [-0.1, -0.05) is 6.07 Å². The lowest BCUT2D eigenvalue weighted by atomic mass is 10.2. The van der Waals surface area contributed by atoms with Crippen molar-refractivity contribution < 1.29 is 4.79 Å². The van der Waals surface area contributed by atoms with Crippen LogP contribution in [-0.2, 0) is 11.2 Å². The lowest BCUT2D eigenvalue weighted by molar-refractivity contribution is -0.121. The summed E-state index contributed by atoms with van der Waals surface area (Å²) in [6, 6.07) is 4.31. The second-order valence-electron chi connectivity index (χ2n) is 3.18. The smallest absolute Gasteiger partial charge is 0.225 e. The van der Waals surface area contributed by atoms with Crippen LogP contribution < -0.4 is 10.6 Å². The highest BCUT2D eigenvalue weighted by atomic mass is 32.1. The quantitative estimate of drug-likeness (QED) is 0.733. The molecule has 1 fully saturated rings. The number of nitrogens with one attached hydrogen (secondary N) is 2. The first kappa shape index (κ1) is 8.72. The van der Waals surface area contributed by atoms with Crippen molar-refractivity contribution >= 4 is 17.2 Å². The fourth-order valence-corrected chi connectivity index (χ4v) is 1.94. The number of carbonyl (C=O) groups excluding carboxylic acids is 1. The van der Waals surface area contributed by atoms with Gasteiger partial charge in [-0.2, -0.15) is 0 Å². The third kappa shape index (κ3) is 2.29. The first-order chi connectivity index (χ1) is 6.34. The maximum Gasteiger partial charge on any atom is 0.225 e. The molecule has 1 saturated heterocycles. The average Bonchev–Trinajstić information content (AvgIpc) is 2.49. The van der Waals surface area contributed by atoms with E-state index in [1.807, 2.05) is 17.5 Å². The fraction of sp³-hybridized carbons (Fsp3) is 0.444. The Kier molecular flexibility index (Phi) is 2.61. The van der Waals surface area contributed by atoms with Crippen LogP contribution in [-0.4, -0.2) is 25.0 Å². The molecule has 0 unspecified atom stereocenters. The van der Waals surface area contributed by atoms with Crippen molar-refractivity contribution in [2.45, 2.75) is 12.5 Å². The van der Waals surface area contributed by atoms with Gasteiger partial charge in [0.15, 0.2) is 0 Å². The summed E-state index contributed by atoms with van der Waals surface area (Å²) in [5, 5.41) is 8.07. The molecule has 0 atom stereocenters. The van der Waals surface area contributed by atoms with Crippen LogP contribution in [0.2, 0.25) is 0 Å². The monoisotopic (exact) mass is 196 g/mol. The van der Waals surface area contributed by atoms with Gasteiger partial charge >= 0.3 is 0 Å². The first-order valence-corrected chi connectivity index (χ1v) is 5.25. The molecule has 1 aromatic rings. The van der Waals surface area contributed by atoms with Crippen LogP contribution in [0.4, 0.5) is 0 Å². The van der Waals surface area contributed by atoms with Crippen molar-refractivity contribution in [2.24, 2.45) is 0 Å². The summed E-state index contributed by atoms with van der Waals surface area (Å²) in [6.45, 7) is 1.83. The highest BCUT2D eigenvalue weighted by Gasteiger charge is 2.18. The molecule has 2 rings (SSSR count). The van der Waals surface area contributed by atoms with E-state index >= 15 is 0 Å². The zero-order valence-electron chi connectivity index (χ0n) is 7.25. The van der Waals surface area contributed by atoms with Crippen LogP contribution in [0.5, 0.6) is 0 Å². The molecule has 3 nitrogen and oxygen atoms in total. The van der Waals surface area contributed by atoms with E-state index in [0.717, 1.165) is 18.0 Å². The van der Waals surface area contributed by atoms with E-state index in [9.17, 15) is 4.79 Å². The Bertz CT molecular complexity index is 280. The summed E-state index contributed by atoms with van der Waals surface area (Å²) in [6.07, 6.45) is 0.522. The van der Waals surface area contributed by atoms with Gasteiger partial charge in [0, 0.05) is 18.0 Å². The number of amides is 1. The summed E-state index contributed by atoms with van der Waals surface area (Å²) in [5.74, 6) is 0.133. The third-order valence-electron chi connectivity index (χ3n) is 2.06. The second kappa shape index (κ2) is 3.89. The number of rotatable bonds is 3. The highest BCUT2D eigenvalue weighted by molar-refractivity contribution is 7.10. The first-order valence-electron chi connectivity index (χ1n) is 4.37. The standard InChI is InChI=1S/C9H12N2OS/c12-9(11-7-5-10-6-7)4-8-2-1-3-13-8/h1-3,7,10H,4-6H2,(H,11,12). The summed E-state index contributed by atoms with van der Waals surface area (Å²) in [7, 11) is 0. The Morgan fingerprint density at radius 1 is 1.69 bits per heavy atom. The molecule has 0 aromatic carbocycles. The molecular formula is C9H12N2OS. The number of carbonyl (C=O) groups is 1. The van der Waals surface area contributed by atoms with Gasteiger partial charge in [-0.25, -0.2) is 0 Å². The van der Waals surface area contributed by atoms with Crippen LogP contribution >= 0.6 is 11.3 Å². The van der Waals surface area contributed by atoms with Crippen LogP contribution in [0.15, 0.2) is 17.5 Å². The molecule has 0 aliphatic carbocycles. The molecule has 4 heteroatoms. The van der Waals surface area contributed by atoms with E-state index in [1.165, 1.54) is 0 Å². The van der Waals surface area contributed by atoms with E-state index in [2.05, 4.69) is 10.6 Å². The minimum atomic E-state index is 0.133. The fourth-order valence-electron chi connectivity index (χ4n) is 1.24. The normalized spacial score (nSPS) is 16.6. The van der Waals surface area contributed by atoms with Crippen LogP contribution in [0, 0.1) is 0 Å². The van der Waals surface area contributed by atoms with E-state index < -0.39 is 0 Å². The van der Waals surface area contributed by atoms with Crippen molar-refractivity contribution in [3.63, 3.8) is 0 Å². The van der Waals surface area contributed by atoms with Crippen molar-refractivity contribution in [3.05, 3.63) is 22.4 Å². The lowest BCUT2D eigenvalue weighted by Crippen LogP contribution is -2.57. The van der Waals surface area contributed by atoms with E-state index in [0.29, 0.717) is 12.5 Å². The number of hydrogen-bond acceptors (Lipinski definition) is 3. The summed E-state index contributed by atoms with van der Waals surface area (Å²) < 4.78 is 0. The molecule has 0 spiro atoms. The highest BCUT2D eigenvalue weighted by Crippen LogP contribution is 2.08. The van der Waals surface area contributed by atoms with Gasteiger partial charge in [-0.15, -0.1) is 11.3 Å². The van der Waals surface area contributed by atoms with Gasteiger partial charge in [-0.3, -0.25) is 4.79 Å². The molecular weight excluding hydrogens is 184 g/mol. The van der Waals surface area contributed by atoms with Gasteiger partial charge in [0.2, 0.25) is 5.91 Å². The lowest BCUT2D eigenvalue weighted by Gasteiger charge is -2.27. The van der Waals surface area contributed by atoms with Crippen LogP contribution in [0.25, 0.3) is 0 Å². The van der Waals surface area contributed by atoms with Crippen molar-refractivity contribution in [2.75, 3.05) is 13.1 Å². The predicted molar refractivity (Wildman–Crippen MR) is 52.8 cm³/mol. The molecule has 1 aliphatic rings. The summed E-state index contributed by atoms with van der Waals surface area (Å²) >= 11 is 1.63. The van der Waals surface area contributed by atoms with Crippen LogP contribution in [0.1, 0.15) is 4.88 Å². The number of thiophene rings is 1. The molecule has 1 aromatic heterocycles. The summed E-state index contributed by atoms with van der Waals surface area (Å²) in [5.41, 5.74) is 0. The van der Waals surface area contributed by atoms with E-state index in [4.69, 9.17) is 0 Å². The molecule has 70 valence electrons. The van der Waals surface area contributed by atoms with Crippen LogP contribution in [0.3, 0.4) is 0 Å². The topological polar surface area (TPSA) is 41.1 Å². The van der Waals surface area contributed by atoms with Gasteiger partial charge in [0.05, 0.1) is 12.5 Å². The minimum absolute atomic E-state index is 0.133. The molecule has 1 amide bonds. The maximum atomic E-state index is 11.4. The average molecular weight is 196 g/mol. The Labute approximate surface area is 81.2 Å². The zero-order valence-corrected chi connectivity index (χ0v) is 8.06. The molecule has 13 heavy (non-hydrogen) atoms. The van der Waals surface area contributed by atoms with Crippen molar-refractivity contribution in [3.8, 4) is 0 Å². The molecule has 2 heterocycles. The zero-order chi connectivity index (χ0) is 9.10. The van der Waals surface area contributed by atoms with E-state index in [-0.39, 0.29) is 5.91 Å².